The number of hydrogen-bond donors (Lipinski definition) is 2. The normalized spacial score (nSPS) is 18.9. The molecule has 7 rings (SSSR count). The van der Waals surface area contributed by atoms with Crippen molar-refractivity contribution >= 4 is 34.8 Å². The maximum atomic E-state index is 13.6. The lowest BCUT2D eigenvalue weighted by Crippen LogP contribution is -2.47. The number of fused-ring (bicyclic) bond motifs is 2. The van der Waals surface area contributed by atoms with Gasteiger partial charge in [0, 0.05) is 52.6 Å². The van der Waals surface area contributed by atoms with E-state index in [2.05, 4.69) is 58.4 Å². The molecule has 2 bridgehead atoms. The van der Waals surface area contributed by atoms with E-state index in [4.69, 9.17) is 5.10 Å². The van der Waals surface area contributed by atoms with Crippen molar-refractivity contribution in [2.24, 2.45) is 5.92 Å². The number of nitrogens with zero attached hydrogens (tertiary/aromatic N) is 5. The Bertz CT molecular complexity index is 1900. The number of nitrogens with one attached hydrogen (secondary N) is 2. The molecule has 3 aromatic heterocycles. The molecule has 2 aliphatic rings. The molecule has 2 unspecified atom stereocenters. The lowest BCUT2D eigenvalue weighted by atomic mass is 9.85. The SMILES string of the molecule is Cc1ccc(-n2nc(C(C)(C)C)cc2NC(=O)Nc2ccc(CC3CC4CCC(C3)N4C(=O)c3csc(-c4cccnc4)n3)cc2)cc1. The zero-order chi connectivity index (χ0) is 33.4. The second-order valence-corrected chi connectivity index (χ2v) is 15.0. The van der Waals surface area contributed by atoms with E-state index < -0.39 is 0 Å². The van der Waals surface area contributed by atoms with E-state index in [1.54, 1.807) is 17.1 Å². The van der Waals surface area contributed by atoms with Gasteiger partial charge in [0.15, 0.2) is 0 Å². The molecule has 48 heavy (non-hydrogen) atoms. The van der Waals surface area contributed by atoms with Gasteiger partial charge in [0.05, 0.1) is 11.4 Å². The summed E-state index contributed by atoms with van der Waals surface area (Å²) in [6, 6.07) is 22.2. The van der Waals surface area contributed by atoms with Crippen LogP contribution in [0.25, 0.3) is 16.3 Å². The molecular formula is C38H41N7O2S. The van der Waals surface area contributed by atoms with Gasteiger partial charge in [0.1, 0.15) is 16.5 Å². The van der Waals surface area contributed by atoms with Gasteiger partial charge in [-0.05, 0) is 86.9 Å². The molecule has 5 aromatic rings. The number of anilines is 2. The summed E-state index contributed by atoms with van der Waals surface area (Å²) in [6.07, 6.45) is 8.56. The average Bonchev–Trinajstić information content (AvgIpc) is 3.79. The monoisotopic (exact) mass is 659 g/mol. The van der Waals surface area contributed by atoms with Crippen molar-refractivity contribution in [3.8, 4) is 16.3 Å². The minimum atomic E-state index is -0.322. The number of thiazole rings is 1. The smallest absolute Gasteiger partial charge is 0.324 e. The summed E-state index contributed by atoms with van der Waals surface area (Å²) in [4.78, 5) is 37.7. The highest BCUT2D eigenvalue weighted by Gasteiger charge is 2.43. The van der Waals surface area contributed by atoms with Crippen molar-refractivity contribution in [2.45, 2.75) is 77.3 Å². The van der Waals surface area contributed by atoms with Crippen LogP contribution in [0.5, 0.6) is 0 Å². The largest absolute Gasteiger partial charge is 0.331 e. The first-order valence-electron chi connectivity index (χ1n) is 16.6. The molecule has 2 N–H and O–H groups in total. The molecule has 246 valence electrons. The Morgan fingerprint density at radius 1 is 0.958 bits per heavy atom. The number of hydrogen-bond acceptors (Lipinski definition) is 6. The first-order chi connectivity index (χ1) is 23.1. The standard InChI is InChI=1S/C38H41N7O2S/c1-24-7-13-29(14-8-24)45-34(21-33(43-45)38(2,3)4)42-37(47)40-28-11-9-25(10-12-28)18-26-19-30-15-16-31(20-26)44(30)36(46)32-23-48-35(41-32)27-6-5-17-39-22-27/h5-14,17,21-23,26,30-31H,15-16,18-20H2,1-4H3,(H2,40,42,47). The Balaban J connectivity index is 0.958. The number of piperidine rings is 1. The van der Waals surface area contributed by atoms with Crippen LogP contribution in [0.1, 0.15) is 73.8 Å². The fraction of sp³-hybridized carbons (Fsp3) is 0.342. The van der Waals surface area contributed by atoms with Gasteiger partial charge in [-0.25, -0.2) is 14.5 Å². The van der Waals surface area contributed by atoms with E-state index >= 15 is 0 Å². The lowest BCUT2D eigenvalue weighted by Gasteiger charge is -2.38. The molecule has 2 fully saturated rings. The van der Waals surface area contributed by atoms with Crippen LogP contribution >= 0.6 is 11.3 Å². The molecule has 0 spiro atoms. The first-order valence-corrected chi connectivity index (χ1v) is 17.5. The van der Waals surface area contributed by atoms with Gasteiger partial charge in [0.2, 0.25) is 0 Å². The molecule has 2 saturated heterocycles. The highest BCUT2D eigenvalue weighted by atomic mass is 32.1. The number of aromatic nitrogens is 4. The molecule has 2 aromatic carbocycles. The number of amides is 3. The Labute approximate surface area is 285 Å². The molecule has 10 heteroatoms. The third-order valence-corrected chi connectivity index (χ3v) is 10.3. The molecular weight excluding hydrogens is 619 g/mol. The van der Waals surface area contributed by atoms with Gasteiger partial charge in [0.25, 0.3) is 5.91 Å². The number of urea groups is 1. The van der Waals surface area contributed by atoms with E-state index in [1.807, 2.05) is 66.9 Å². The fourth-order valence-electron chi connectivity index (χ4n) is 6.97. The summed E-state index contributed by atoms with van der Waals surface area (Å²) in [6.45, 7) is 8.37. The third kappa shape index (κ3) is 6.75. The molecule has 3 amide bonds. The predicted molar refractivity (Wildman–Crippen MR) is 191 cm³/mol. The predicted octanol–water partition coefficient (Wildman–Crippen LogP) is 8.27. The van der Waals surface area contributed by atoms with Crippen molar-refractivity contribution in [3.63, 3.8) is 0 Å². The maximum Gasteiger partial charge on any atom is 0.324 e. The Morgan fingerprint density at radius 2 is 1.69 bits per heavy atom. The van der Waals surface area contributed by atoms with Crippen molar-refractivity contribution in [2.75, 3.05) is 10.6 Å². The summed E-state index contributed by atoms with van der Waals surface area (Å²) in [7, 11) is 0. The van der Waals surface area contributed by atoms with Crippen LogP contribution in [0.15, 0.2) is 84.5 Å². The molecule has 2 aliphatic heterocycles. The van der Waals surface area contributed by atoms with Gasteiger partial charge < -0.3 is 10.2 Å². The summed E-state index contributed by atoms with van der Waals surface area (Å²) < 4.78 is 1.78. The molecule has 9 nitrogen and oxygen atoms in total. The topological polar surface area (TPSA) is 105 Å². The average molecular weight is 660 g/mol. The molecule has 5 heterocycles. The van der Waals surface area contributed by atoms with Crippen molar-refractivity contribution in [3.05, 3.63) is 107 Å². The molecule has 2 atom stereocenters. The Hall–Kier alpha value is -4.83. The van der Waals surface area contributed by atoms with Gasteiger partial charge >= 0.3 is 6.03 Å². The van der Waals surface area contributed by atoms with E-state index in [9.17, 15) is 9.59 Å². The Kier molecular flexibility index (Phi) is 8.60. The Morgan fingerprint density at radius 3 is 2.35 bits per heavy atom. The number of rotatable bonds is 7. The van der Waals surface area contributed by atoms with E-state index in [0.717, 1.165) is 65.3 Å². The minimum Gasteiger partial charge on any atom is -0.331 e. The number of aryl methyl sites for hydroxylation is 1. The van der Waals surface area contributed by atoms with Crippen LogP contribution in [0, 0.1) is 12.8 Å². The molecule has 0 saturated carbocycles. The van der Waals surface area contributed by atoms with Gasteiger partial charge in [-0.2, -0.15) is 5.10 Å². The van der Waals surface area contributed by atoms with Crippen LogP contribution in [-0.4, -0.2) is 48.7 Å². The van der Waals surface area contributed by atoms with E-state index in [1.165, 1.54) is 16.9 Å². The van der Waals surface area contributed by atoms with Crippen molar-refractivity contribution < 1.29 is 9.59 Å². The summed E-state index contributed by atoms with van der Waals surface area (Å²) in [5.41, 5.74) is 6.20. The lowest BCUT2D eigenvalue weighted by molar-refractivity contribution is 0.0519. The van der Waals surface area contributed by atoms with Crippen LogP contribution < -0.4 is 10.6 Å². The highest BCUT2D eigenvalue weighted by molar-refractivity contribution is 7.13. The number of carbonyl (C=O) groups excluding carboxylic acids is 2. The van der Waals surface area contributed by atoms with Crippen LogP contribution in [0.3, 0.4) is 0 Å². The van der Waals surface area contributed by atoms with Crippen LogP contribution in [-0.2, 0) is 11.8 Å². The second kappa shape index (κ2) is 13.0. The third-order valence-electron chi connectivity index (χ3n) is 9.43. The summed E-state index contributed by atoms with van der Waals surface area (Å²) in [5, 5.41) is 13.5. The molecule has 0 radical (unpaired) electrons. The number of pyridine rings is 1. The first kappa shape index (κ1) is 31.8. The van der Waals surface area contributed by atoms with Crippen molar-refractivity contribution in [1.29, 1.82) is 0 Å². The van der Waals surface area contributed by atoms with Gasteiger partial charge in [-0.1, -0.05) is 50.6 Å². The zero-order valence-electron chi connectivity index (χ0n) is 27.8. The van der Waals surface area contributed by atoms with E-state index in [-0.39, 0.29) is 29.4 Å². The van der Waals surface area contributed by atoms with E-state index in [0.29, 0.717) is 17.4 Å². The molecule has 0 aliphatic carbocycles. The highest BCUT2D eigenvalue weighted by Crippen LogP contribution is 2.41. The zero-order valence-corrected chi connectivity index (χ0v) is 28.6. The van der Waals surface area contributed by atoms with Gasteiger partial charge in [-0.3, -0.25) is 15.1 Å². The van der Waals surface area contributed by atoms with Gasteiger partial charge in [-0.15, -0.1) is 11.3 Å². The number of benzene rings is 2. The maximum absolute atomic E-state index is 13.6. The van der Waals surface area contributed by atoms with Crippen LogP contribution in [0.2, 0.25) is 0 Å². The second-order valence-electron chi connectivity index (χ2n) is 14.1. The van der Waals surface area contributed by atoms with Crippen LogP contribution in [0.4, 0.5) is 16.3 Å². The summed E-state index contributed by atoms with van der Waals surface area (Å²) in [5.74, 6) is 1.17. The van der Waals surface area contributed by atoms with Crippen molar-refractivity contribution in [1.82, 2.24) is 24.6 Å². The summed E-state index contributed by atoms with van der Waals surface area (Å²) >= 11 is 1.49. The minimum absolute atomic E-state index is 0.0533. The number of carbonyl (C=O) groups is 2. The quantitative estimate of drug-likeness (QED) is 0.183. The fourth-order valence-corrected chi connectivity index (χ4v) is 7.75.